The van der Waals surface area contributed by atoms with Gasteiger partial charge in [0, 0.05) is 23.7 Å². The maximum atomic E-state index is 12.0. The Morgan fingerprint density at radius 1 is 1.08 bits per heavy atom. The molecule has 0 heterocycles. The van der Waals surface area contributed by atoms with Crippen molar-refractivity contribution in [3.63, 3.8) is 0 Å². The van der Waals surface area contributed by atoms with Crippen LogP contribution >= 0.6 is 11.8 Å². The number of urea groups is 1. The predicted octanol–water partition coefficient (Wildman–Crippen LogP) is 5.39. The van der Waals surface area contributed by atoms with Crippen LogP contribution < -0.4 is 10.6 Å². The molecule has 2 rings (SSSR count). The van der Waals surface area contributed by atoms with Crippen LogP contribution in [0.4, 0.5) is 10.5 Å². The summed E-state index contributed by atoms with van der Waals surface area (Å²) in [6.45, 7) is 4.91. The van der Waals surface area contributed by atoms with Gasteiger partial charge in [0.15, 0.2) is 0 Å². The summed E-state index contributed by atoms with van der Waals surface area (Å²) in [7, 11) is 0. The molecule has 4 heteroatoms. The standard InChI is InChI=1S/C21H28N2OS/c1-3-4-8-18-11-12-20(17(2)15-18)23-21(24)22-13-14-25-16-19-9-6-5-7-10-19/h5-7,9-12,15H,3-4,8,13-14,16H2,1-2H3,(H2,22,23,24). The van der Waals surface area contributed by atoms with Crippen molar-refractivity contribution >= 4 is 23.5 Å². The lowest BCUT2D eigenvalue weighted by atomic mass is 10.0. The first-order valence-electron chi connectivity index (χ1n) is 8.95. The third kappa shape index (κ3) is 7.22. The van der Waals surface area contributed by atoms with E-state index < -0.39 is 0 Å². The normalized spacial score (nSPS) is 10.5. The lowest BCUT2D eigenvalue weighted by molar-refractivity contribution is 0.252. The molecule has 0 spiro atoms. The van der Waals surface area contributed by atoms with Crippen LogP contribution in [-0.4, -0.2) is 18.3 Å². The average molecular weight is 357 g/mol. The topological polar surface area (TPSA) is 41.1 Å². The Kier molecular flexibility index (Phi) is 8.40. The van der Waals surface area contributed by atoms with Crippen molar-refractivity contribution in [1.82, 2.24) is 5.32 Å². The van der Waals surface area contributed by atoms with Gasteiger partial charge in [-0.05, 0) is 42.5 Å². The second-order valence-electron chi connectivity index (χ2n) is 6.17. The Bertz CT molecular complexity index is 658. The SMILES string of the molecule is CCCCc1ccc(NC(=O)NCCSCc2ccccc2)c(C)c1. The average Bonchev–Trinajstić information content (AvgIpc) is 2.62. The van der Waals surface area contributed by atoms with E-state index >= 15 is 0 Å². The van der Waals surface area contributed by atoms with Gasteiger partial charge in [-0.25, -0.2) is 4.79 Å². The highest BCUT2D eigenvalue weighted by Crippen LogP contribution is 2.18. The van der Waals surface area contributed by atoms with Crippen LogP contribution in [0.25, 0.3) is 0 Å². The summed E-state index contributed by atoms with van der Waals surface area (Å²) >= 11 is 1.82. The number of unbranched alkanes of at least 4 members (excludes halogenated alkanes) is 1. The number of thioether (sulfide) groups is 1. The molecule has 0 atom stereocenters. The Hall–Kier alpha value is -1.94. The predicted molar refractivity (Wildman–Crippen MR) is 109 cm³/mol. The van der Waals surface area contributed by atoms with Crippen molar-refractivity contribution in [2.24, 2.45) is 0 Å². The van der Waals surface area contributed by atoms with Crippen LogP contribution in [0, 0.1) is 6.92 Å². The molecule has 0 saturated carbocycles. The van der Waals surface area contributed by atoms with Gasteiger partial charge in [0.2, 0.25) is 0 Å². The van der Waals surface area contributed by atoms with Crippen LogP contribution in [0.15, 0.2) is 48.5 Å². The summed E-state index contributed by atoms with van der Waals surface area (Å²) in [5.74, 6) is 1.87. The maximum Gasteiger partial charge on any atom is 0.319 e. The monoisotopic (exact) mass is 356 g/mol. The van der Waals surface area contributed by atoms with E-state index in [0.29, 0.717) is 6.54 Å². The summed E-state index contributed by atoms with van der Waals surface area (Å²) in [5.41, 5.74) is 4.65. The first-order chi connectivity index (χ1) is 12.2. The highest BCUT2D eigenvalue weighted by molar-refractivity contribution is 7.98. The van der Waals surface area contributed by atoms with Gasteiger partial charge in [-0.2, -0.15) is 11.8 Å². The second-order valence-corrected chi connectivity index (χ2v) is 7.28. The number of carbonyl (C=O) groups excluding carboxylic acids is 1. The minimum Gasteiger partial charge on any atom is -0.337 e. The first kappa shape index (κ1) is 19.4. The summed E-state index contributed by atoms with van der Waals surface area (Å²) in [6, 6.07) is 16.5. The molecule has 0 fully saturated rings. The Balaban J connectivity index is 1.67. The van der Waals surface area contributed by atoms with Gasteiger partial charge in [-0.15, -0.1) is 0 Å². The van der Waals surface area contributed by atoms with Gasteiger partial charge in [-0.1, -0.05) is 55.8 Å². The number of nitrogens with one attached hydrogen (secondary N) is 2. The Morgan fingerprint density at radius 3 is 2.60 bits per heavy atom. The van der Waals surface area contributed by atoms with E-state index in [-0.39, 0.29) is 6.03 Å². The molecule has 0 radical (unpaired) electrons. The van der Waals surface area contributed by atoms with Crippen molar-refractivity contribution in [2.75, 3.05) is 17.6 Å². The van der Waals surface area contributed by atoms with Gasteiger partial charge >= 0.3 is 6.03 Å². The van der Waals surface area contributed by atoms with Crippen molar-refractivity contribution < 1.29 is 4.79 Å². The fourth-order valence-electron chi connectivity index (χ4n) is 2.57. The lowest BCUT2D eigenvalue weighted by Gasteiger charge is -2.11. The van der Waals surface area contributed by atoms with Gasteiger partial charge in [0.25, 0.3) is 0 Å². The van der Waals surface area contributed by atoms with Gasteiger partial charge in [0.1, 0.15) is 0 Å². The molecule has 2 aromatic rings. The number of hydrogen-bond donors (Lipinski definition) is 2. The van der Waals surface area contributed by atoms with E-state index in [1.807, 2.05) is 30.8 Å². The molecule has 0 aliphatic heterocycles. The van der Waals surface area contributed by atoms with E-state index in [1.54, 1.807) is 0 Å². The van der Waals surface area contributed by atoms with E-state index in [2.05, 4.69) is 54.0 Å². The molecule has 0 unspecified atom stereocenters. The highest BCUT2D eigenvalue weighted by atomic mass is 32.2. The zero-order valence-electron chi connectivity index (χ0n) is 15.2. The number of amides is 2. The van der Waals surface area contributed by atoms with Gasteiger partial charge < -0.3 is 10.6 Å². The fourth-order valence-corrected chi connectivity index (χ4v) is 3.39. The van der Waals surface area contributed by atoms with Crippen molar-refractivity contribution in [3.8, 4) is 0 Å². The zero-order valence-corrected chi connectivity index (χ0v) is 16.0. The van der Waals surface area contributed by atoms with Crippen LogP contribution in [0.1, 0.15) is 36.5 Å². The molecule has 0 aliphatic rings. The third-order valence-corrected chi connectivity index (χ3v) is 5.03. The fraction of sp³-hybridized carbons (Fsp3) is 0.381. The molecule has 3 nitrogen and oxygen atoms in total. The number of aryl methyl sites for hydroxylation is 2. The maximum absolute atomic E-state index is 12.0. The van der Waals surface area contributed by atoms with E-state index in [1.165, 1.54) is 24.0 Å². The molecular formula is C21H28N2OS. The highest BCUT2D eigenvalue weighted by Gasteiger charge is 2.05. The number of carbonyl (C=O) groups is 1. The number of hydrogen-bond acceptors (Lipinski definition) is 2. The molecular weight excluding hydrogens is 328 g/mol. The number of rotatable bonds is 9. The van der Waals surface area contributed by atoms with Crippen LogP contribution in [0.3, 0.4) is 0 Å². The summed E-state index contributed by atoms with van der Waals surface area (Å²) in [6.07, 6.45) is 3.50. The van der Waals surface area contributed by atoms with Gasteiger partial charge in [-0.3, -0.25) is 0 Å². The molecule has 2 N–H and O–H groups in total. The molecule has 134 valence electrons. The molecule has 25 heavy (non-hydrogen) atoms. The second kappa shape index (κ2) is 10.8. The summed E-state index contributed by atoms with van der Waals surface area (Å²) in [4.78, 5) is 12.0. The van der Waals surface area contributed by atoms with E-state index in [9.17, 15) is 4.79 Å². The molecule has 0 aliphatic carbocycles. The third-order valence-electron chi connectivity index (χ3n) is 4.00. The van der Waals surface area contributed by atoms with Crippen molar-refractivity contribution in [2.45, 2.75) is 38.9 Å². The Labute approximate surface area is 155 Å². The number of benzene rings is 2. The molecule has 0 bridgehead atoms. The van der Waals surface area contributed by atoms with Crippen molar-refractivity contribution in [3.05, 3.63) is 65.2 Å². The molecule has 2 amide bonds. The zero-order chi connectivity index (χ0) is 17.9. The summed E-state index contributed by atoms with van der Waals surface area (Å²) in [5, 5.41) is 5.87. The first-order valence-corrected chi connectivity index (χ1v) is 10.1. The van der Waals surface area contributed by atoms with Crippen molar-refractivity contribution in [1.29, 1.82) is 0 Å². The minimum atomic E-state index is -0.135. The van der Waals surface area contributed by atoms with Crippen LogP contribution in [0.2, 0.25) is 0 Å². The van der Waals surface area contributed by atoms with Crippen LogP contribution in [-0.2, 0) is 12.2 Å². The quantitative estimate of drug-likeness (QED) is 0.591. The molecule has 0 aromatic heterocycles. The number of anilines is 1. The van der Waals surface area contributed by atoms with E-state index in [0.717, 1.165) is 29.2 Å². The smallest absolute Gasteiger partial charge is 0.319 e. The summed E-state index contributed by atoms with van der Waals surface area (Å²) < 4.78 is 0. The minimum absolute atomic E-state index is 0.135. The molecule has 2 aromatic carbocycles. The van der Waals surface area contributed by atoms with Crippen LogP contribution in [0.5, 0.6) is 0 Å². The van der Waals surface area contributed by atoms with Gasteiger partial charge in [0.05, 0.1) is 0 Å². The largest absolute Gasteiger partial charge is 0.337 e. The van der Waals surface area contributed by atoms with E-state index in [4.69, 9.17) is 0 Å². The lowest BCUT2D eigenvalue weighted by Crippen LogP contribution is -2.30. The Morgan fingerprint density at radius 2 is 1.88 bits per heavy atom. The molecule has 0 saturated heterocycles.